The normalized spacial score (nSPS) is 18.7. The van der Waals surface area contributed by atoms with Gasteiger partial charge in [0, 0.05) is 18.3 Å². The molecule has 5 heteroatoms. The van der Waals surface area contributed by atoms with Gasteiger partial charge in [0.25, 0.3) is 0 Å². The molecular weight excluding hydrogens is 326 g/mol. The molecule has 1 aliphatic heterocycles. The number of anilines is 1. The van der Waals surface area contributed by atoms with Crippen LogP contribution in [-0.2, 0) is 9.59 Å². The van der Waals surface area contributed by atoms with Crippen LogP contribution < -0.4 is 5.32 Å². The third-order valence-electron chi connectivity index (χ3n) is 5.54. The minimum atomic E-state index is -0.300. The van der Waals surface area contributed by atoms with Gasteiger partial charge < -0.3 is 10.2 Å². The molecule has 0 saturated carbocycles. The van der Waals surface area contributed by atoms with Crippen molar-refractivity contribution in [3.05, 3.63) is 29.3 Å². The van der Waals surface area contributed by atoms with Crippen LogP contribution in [0.3, 0.4) is 0 Å². The Morgan fingerprint density at radius 1 is 1.27 bits per heavy atom. The molecule has 1 N–H and O–H groups in total. The van der Waals surface area contributed by atoms with Crippen molar-refractivity contribution in [3.8, 4) is 0 Å². The summed E-state index contributed by atoms with van der Waals surface area (Å²) in [6.07, 6.45) is 4.36. The number of hydrogen-bond acceptors (Lipinski definition) is 3. The van der Waals surface area contributed by atoms with Crippen molar-refractivity contribution in [1.82, 2.24) is 9.80 Å². The van der Waals surface area contributed by atoms with Crippen molar-refractivity contribution in [2.24, 2.45) is 0 Å². The van der Waals surface area contributed by atoms with Crippen LogP contribution in [0.25, 0.3) is 0 Å². The molecule has 1 saturated heterocycles. The second-order valence-corrected chi connectivity index (χ2v) is 7.50. The SMILES string of the molecule is CC[C@@H]1CCCCN1C(=O)[C@H](C)N(C)CC(=O)Nc1c(C)cccc1C. The van der Waals surface area contributed by atoms with Crippen molar-refractivity contribution >= 4 is 17.5 Å². The number of amides is 2. The predicted molar refractivity (Wildman–Crippen MR) is 106 cm³/mol. The topological polar surface area (TPSA) is 52.7 Å². The van der Waals surface area contributed by atoms with E-state index in [1.165, 1.54) is 6.42 Å². The number of nitrogens with zero attached hydrogens (tertiary/aromatic N) is 2. The number of likely N-dealkylation sites (N-methyl/N-ethyl adjacent to an activating group) is 1. The maximum absolute atomic E-state index is 12.9. The first-order chi connectivity index (χ1) is 12.3. The average Bonchev–Trinajstić information content (AvgIpc) is 2.63. The summed E-state index contributed by atoms with van der Waals surface area (Å²) in [5, 5.41) is 3.00. The highest BCUT2D eigenvalue weighted by atomic mass is 16.2. The van der Waals surface area contributed by atoms with Crippen LogP contribution in [0.15, 0.2) is 18.2 Å². The summed E-state index contributed by atoms with van der Waals surface area (Å²) < 4.78 is 0. The summed E-state index contributed by atoms with van der Waals surface area (Å²) in [4.78, 5) is 29.2. The van der Waals surface area contributed by atoms with Gasteiger partial charge in [0.1, 0.15) is 0 Å². The van der Waals surface area contributed by atoms with E-state index in [0.29, 0.717) is 6.04 Å². The second kappa shape index (κ2) is 9.17. The van der Waals surface area contributed by atoms with Gasteiger partial charge in [-0.15, -0.1) is 0 Å². The van der Waals surface area contributed by atoms with Crippen LogP contribution in [0.2, 0.25) is 0 Å². The van der Waals surface area contributed by atoms with Gasteiger partial charge in [-0.1, -0.05) is 25.1 Å². The minimum Gasteiger partial charge on any atom is -0.338 e. The highest BCUT2D eigenvalue weighted by molar-refractivity contribution is 5.94. The van der Waals surface area contributed by atoms with E-state index in [1.807, 2.05) is 55.8 Å². The number of hydrogen-bond donors (Lipinski definition) is 1. The molecule has 0 bridgehead atoms. The summed E-state index contributed by atoms with van der Waals surface area (Å²) in [7, 11) is 1.84. The van der Waals surface area contributed by atoms with E-state index in [4.69, 9.17) is 0 Å². The number of rotatable bonds is 6. The Labute approximate surface area is 157 Å². The molecule has 1 aliphatic rings. The van der Waals surface area contributed by atoms with Crippen LogP contribution in [0, 0.1) is 13.8 Å². The number of carbonyl (C=O) groups is 2. The van der Waals surface area contributed by atoms with E-state index in [0.717, 1.165) is 42.6 Å². The zero-order valence-corrected chi connectivity index (χ0v) is 16.8. The number of aryl methyl sites for hydroxylation is 2. The van der Waals surface area contributed by atoms with E-state index < -0.39 is 0 Å². The molecule has 1 heterocycles. The summed E-state index contributed by atoms with van der Waals surface area (Å²) >= 11 is 0. The highest BCUT2D eigenvalue weighted by Crippen LogP contribution is 2.22. The van der Waals surface area contributed by atoms with Crippen LogP contribution in [0.5, 0.6) is 0 Å². The fourth-order valence-electron chi connectivity index (χ4n) is 3.70. The van der Waals surface area contributed by atoms with Gasteiger partial charge in [0.2, 0.25) is 11.8 Å². The number of benzene rings is 1. The third-order valence-corrected chi connectivity index (χ3v) is 5.54. The molecule has 0 aliphatic carbocycles. The van der Waals surface area contributed by atoms with Crippen molar-refractivity contribution in [1.29, 1.82) is 0 Å². The maximum atomic E-state index is 12.9. The molecule has 0 unspecified atom stereocenters. The molecule has 1 fully saturated rings. The number of likely N-dealkylation sites (tertiary alicyclic amines) is 1. The number of para-hydroxylation sites is 1. The predicted octanol–water partition coefficient (Wildman–Crippen LogP) is 3.35. The molecular formula is C21H33N3O2. The Morgan fingerprint density at radius 2 is 1.92 bits per heavy atom. The molecule has 0 radical (unpaired) electrons. The summed E-state index contributed by atoms with van der Waals surface area (Å²) in [6.45, 7) is 9.05. The van der Waals surface area contributed by atoms with Gasteiger partial charge in [0.15, 0.2) is 0 Å². The van der Waals surface area contributed by atoms with Gasteiger partial charge >= 0.3 is 0 Å². The summed E-state index contributed by atoms with van der Waals surface area (Å²) in [5.41, 5.74) is 2.96. The first-order valence-electron chi connectivity index (χ1n) is 9.72. The Hall–Kier alpha value is -1.88. The summed E-state index contributed by atoms with van der Waals surface area (Å²) in [6, 6.07) is 6.00. The lowest BCUT2D eigenvalue weighted by Crippen LogP contribution is -2.52. The van der Waals surface area contributed by atoms with Gasteiger partial charge in [-0.3, -0.25) is 14.5 Å². The molecule has 0 spiro atoms. The molecule has 26 heavy (non-hydrogen) atoms. The fraction of sp³-hybridized carbons (Fsp3) is 0.619. The van der Waals surface area contributed by atoms with Crippen LogP contribution in [0.1, 0.15) is 50.7 Å². The molecule has 1 aromatic carbocycles. The monoisotopic (exact) mass is 359 g/mol. The third kappa shape index (κ3) is 4.85. The van der Waals surface area contributed by atoms with Crippen molar-refractivity contribution in [3.63, 3.8) is 0 Å². The molecule has 5 nitrogen and oxygen atoms in total. The largest absolute Gasteiger partial charge is 0.338 e. The van der Waals surface area contributed by atoms with Gasteiger partial charge in [-0.25, -0.2) is 0 Å². The number of carbonyl (C=O) groups excluding carboxylic acids is 2. The standard InChI is InChI=1S/C21H33N3O2/c1-6-18-12-7-8-13-24(18)21(26)17(4)23(5)14-19(25)22-20-15(2)10-9-11-16(20)3/h9-11,17-18H,6-8,12-14H2,1-5H3,(H,22,25)/t17-,18+/m0/s1. The van der Waals surface area contributed by atoms with Crippen molar-refractivity contribution in [2.45, 2.75) is 65.5 Å². The minimum absolute atomic E-state index is 0.0877. The lowest BCUT2D eigenvalue weighted by molar-refractivity contribution is -0.140. The molecule has 2 atom stereocenters. The van der Waals surface area contributed by atoms with E-state index >= 15 is 0 Å². The first-order valence-corrected chi connectivity index (χ1v) is 9.72. The van der Waals surface area contributed by atoms with Crippen molar-refractivity contribution in [2.75, 3.05) is 25.5 Å². The van der Waals surface area contributed by atoms with Crippen LogP contribution in [0.4, 0.5) is 5.69 Å². The lowest BCUT2D eigenvalue weighted by atomic mass is 9.99. The highest BCUT2D eigenvalue weighted by Gasteiger charge is 2.30. The molecule has 2 rings (SSSR count). The number of nitrogens with one attached hydrogen (secondary N) is 1. The maximum Gasteiger partial charge on any atom is 0.239 e. The zero-order chi connectivity index (χ0) is 19.3. The Kier molecular flexibility index (Phi) is 7.21. The van der Waals surface area contributed by atoms with Crippen molar-refractivity contribution < 1.29 is 9.59 Å². The average molecular weight is 360 g/mol. The Morgan fingerprint density at radius 3 is 2.54 bits per heavy atom. The number of piperidine rings is 1. The molecule has 144 valence electrons. The van der Waals surface area contributed by atoms with Gasteiger partial charge in [-0.2, -0.15) is 0 Å². The van der Waals surface area contributed by atoms with Gasteiger partial charge in [-0.05, 0) is 64.6 Å². The van der Waals surface area contributed by atoms with E-state index in [9.17, 15) is 9.59 Å². The molecule has 0 aromatic heterocycles. The van der Waals surface area contributed by atoms with E-state index in [2.05, 4.69) is 12.2 Å². The summed E-state index contributed by atoms with van der Waals surface area (Å²) in [5.74, 6) is 0.0501. The first kappa shape index (κ1) is 20.4. The smallest absolute Gasteiger partial charge is 0.239 e. The van der Waals surface area contributed by atoms with E-state index in [1.54, 1.807) is 0 Å². The van der Waals surface area contributed by atoms with Crippen LogP contribution in [-0.4, -0.2) is 53.8 Å². The zero-order valence-electron chi connectivity index (χ0n) is 16.8. The van der Waals surface area contributed by atoms with E-state index in [-0.39, 0.29) is 24.4 Å². The molecule has 2 amide bonds. The Bertz CT molecular complexity index is 624. The van der Waals surface area contributed by atoms with Crippen LogP contribution >= 0.6 is 0 Å². The lowest BCUT2D eigenvalue weighted by Gasteiger charge is -2.38. The Balaban J connectivity index is 1.96. The molecule has 1 aromatic rings. The fourth-order valence-corrected chi connectivity index (χ4v) is 3.70. The quantitative estimate of drug-likeness (QED) is 0.847. The van der Waals surface area contributed by atoms with Gasteiger partial charge in [0.05, 0.1) is 12.6 Å². The second-order valence-electron chi connectivity index (χ2n) is 7.50.